The van der Waals surface area contributed by atoms with Gasteiger partial charge in [-0.25, -0.2) is 8.42 Å². The molecule has 12 heteroatoms. The fourth-order valence-electron chi connectivity index (χ4n) is 6.51. The Labute approximate surface area is 278 Å². The number of hydrogen-bond acceptors (Lipinski definition) is 8. The highest BCUT2D eigenvalue weighted by Crippen LogP contribution is 2.40. The predicted octanol–water partition coefficient (Wildman–Crippen LogP) is 6.46. The van der Waals surface area contributed by atoms with Crippen LogP contribution in [0.3, 0.4) is 0 Å². The normalized spacial score (nSPS) is 20.5. The number of aryl methyl sites for hydroxylation is 1. The highest BCUT2D eigenvalue weighted by atomic mass is 32.2. The van der Waals surface area contributed by atoms with Crippen LogP contribution >= 0.6 is 0 Å². The van der Waals surface area contributed by atoms with Gasteiger partial charge >= 0.3 is 0 Å². The van der Waals surface area contributed by atoms with Crippen LogP contribution < -0.4 is 14.4 Å². The first-order chi connectivity index (χ1) is 22.7. The molecular formula is C35H45N5O6S. The van der Waals surface area contributed by atoms with Crippen molar-refractivity contribution in [2.75, 3.05) is 52.0 Å². The van der Waals surface area contributed by atoms with E-state index in [1.54, 1.807) is 42.8 Å². The van der Waals surface area contributed by atoms with E-state index in [1.807, 2.05) is 50.2 Å². The zero-order chi connectivity index (χ0) is 33.4. The number of piperidine rings is 1. The lowest BCUT2D eigenvalue weighted by molar-refractivity contribution is -0.0213. The van der Waals surface area contributed by atoms with Crippen molar-refractivity contribution in [3.05, 3.63) is 93.9 Å². The zero-order valence-electron chi connectivity index (χ0n) is 27.6. The van der Waals surface area contributed by atoms with Gasteiger partial charge in [0, 0.05) is 49.7 Å². The highest BCUT2D eigenvalue weighted by Gasteiger charge is 2.43. The molecule has 1 fully saturated rings. The van der Waals surface area contributed by atoms with Crippen molar-refractivity contribution in [1.29, 1.82) is 0 Å². The number of azide groups is 1. The van der Waals surface area contributed by atoms with Gasteiger partial charge < -0.3 is 23.8 Å². The van der Waals surface area contributed by atoms with Gasteiger partial charge in [-0.15, -0.1) is 0 Å². The molecule has 252 valence electrons. The molecule has 3 aromatic rings. The molecule has 0 aromatic heterocycles. The van der Waals surface area contributed by atoms with Crippen LogP contribution in [0.5, 0.6) is 11.5 Å². The third-order valence-electron chi connectivity index (χ3n) is 9.00. The van der Waals surface area contributed by atoms with Crippen molar-refractivity contribution in [3.63, 3.8) is 0 Å². The third-order valence-corrected chi connectivity index (χ3v) is 10.9. The summed E-state index contributed by atoms with van der Waals surface area (Å²) in [6.45, 7) is 7.17. The van der Waals surface area contributed by atoms with Crippen molar-refractivity contribution in [2.24, 2.45) is 5.11 Å². The summed E-state index contributed by atoms with van der Waals surface area (Å²) in [6, 6.07) is 20.1. The van der Waals surface area contributed by atoms with Gasteiger partial charge in [-0.05, 0) is 79.2 Å². The van der Waals surface area contributed by atoms with Gasteiger partial charge in [0.25, 0.3) is 0 Å². The largest absolute Gasteiger partial charge is 0.497 e. The zero-order valence-corrected chi connectivity index (χ0v) is 28.4. The minimum Gasteiger partial charge on any atom is -0.497 e. The molecule has 2 heterocycles. The number of ether oxygens (including phenoxy) is 4. The number of methoxy groups -OCH3 is 2. The lowest BCUT2D eigenvalue weighted by atomic mass is 9.82. The van der Waals surface area contributed by atoms with Gasteiger partial charge in [0.05, 0.1) is 36.9 Å². The second kappa shape index (κ2) is 15.9. The average molecular weight is 664 g/mol. The van der Waals surface area contributed by atoms with Crippen LogP contribution in [0, 0.1) is 6.92 Å². The van der Waals surface area contributed by atoms with Gasteiger partial charge in [0.15, 0.2) is 0 Å². The van der Waals surface area contributed by atoms with Gasteiger partial charge in [-0.1, -0.05) is 47.9 Å². The molecular weight excluding hydrogens is 618 g/mol. The van der Waals surface area contributed by atoms with E-state index in [-0.39, 0.29) is 23.4 Å². The predicted molar refractivity (Wildman–Crippen MR) is 182 cm³/mol. The molecule has 1 saturated heterocycles. The Morgan fingerprint density at radius 1 is 1.09 bits per heavy atom. The van der Waals surface area contributed by atoms with Crippen LogP contribution in [-0.4, -0.2) is 78.0 Å². The second-order valence-corrected chi connectivity index (χ2v) is 14.2. The number of rotatable bonds is 14. The number of benzene rings is 3. The van der Waals surface area contributed by atoms with Crippen LogP contribution in [0.1, 0.15) is 48.8 Å². The number of anilines is 1. The van der Waals surface area contributed by atoms with Gasteiger partial charge in [0.2, 0.25) is 10.0 Å². The van der Waals surface area contributed by atoms with E-state index in [0.717, 1.165) is 53.4 Å². The van der Waals surface area contributed by atoms with Crippen molar-refractivity contribution >= 4 is 15.7 Å². The number of hydrogen-bond donors (Lipinski definition) is 0. The molecule has 2 aliphatic heterocycles. The van der Waals surface area contributed by atoms with Crippen LogP contribution in [-0.2, 0) is 26.1 Å². The Bertz CT molecular complexity index is 1630. The van der Waals surface area contributed by atoms with Crippen molar-refractivity contribution in [1.82, 2.24) is 4.31 Å². The lowest BCUT2D eigenvalue weighted by Gasteiger charge is -2.44. The van der Waals surface area contributed by atoms with Crippen molar-refractivity contribution in [2.45, 2.75) is 68.7 Å². The molecule has 5 rings (SSSR count). The molecule has 0 aliphatic carbocycles. The molecule has 0 radical (unpaired) electrons. The quantitative estimate of drug-likeness (QED) is 0.0839. The summed E-state index contributed by atoms with van der Waals surface area (Å²) in [5, 5.41) is 3.89. The average Bonchev–Trinajstić information content (AvgIpc) is 3.08. The fraction of sp³-hybridized carbons (Fsp3) is 0.486. The topological polar surface area (TPSA) is 126 Å². The maximum Gasteiger partial charge on any atom is 0.243 e. The van der Waals surface area contributed by atoms with Crippen LogP contribution in [0.4, 0.5) is 5.69 Å². The second-order valence-electron chi connectivity index (χ2n) is 12.3. The molecule has 47 heavy (non-hydrogen) atoms. The molecule has 4 atom stereocenters. The summed E-state index contributed by atoms with van der Waals surface area (Å²) in [6.07, 6.45) is 1.35. The maximum absolute atomic E-state index is 14.2. The molecule has 2 aliphatic rings. The minimum absolute atomic E-state index is 0.111. The van der Waals surface area contributed by atoms with E-state index in [0.29, 0.717) is 32.7 Å². The molecule has 0 bridgehead atoms. The van der Waals surface area contributed by atoms with E-state index in [2.05, 4.69) is 21.0 Å². The van der Waals surface area contributed by atoms with Crippen LogP contribution in [0.2, 0.25) is 0 Å². The van der Waals surface area contributed by atoms with E-state index < -0.39 is 22.2 Å². The molecule has 0 N–H and O–H groups in total. The lowest BCUT2D eigenvalue weighted by Crippen LogP contribution is -2.53. The number of sulfonamides is 1. The highest BCUT2D eigenvalue weighted by molar-refractivity contribution is 7.89. The molecule has 11 nitrogen and oxygen atoms in total. The van der Waals surface area contributed by atoms with Crippen LogP contribution in [0.15, 0.2) is 76.7 Å². The molecule has 0 saturated carbocycles. The first-order valence-corrected chi connectivity index (χ1v) is 17.6. The first-order valence-electron chi connectivity index (χ1n) is 16.1. The SMILES string of the molecule is COCCCN1CCOc2ccc(CO[C@H]3CN(S(=O)(=O)c4ccc(C)cc4)[C@@H](C[C@@H](C)N=[N+]=[N-])C[C@@H]3c3ccc(OC)cc3)cc21. The van der Waals surface area contributed by atoms with Gasteiger partial charge in [0.1, 0.15) is 18.1 Å². The minimum atomic E-state index is -3.89. The van der Waals surface area contributed by atoms with Gasteiger partial charge in [-0.2, -0.15) is 4.31 Å². The molecule has 0 amide bonds. The Hall–Kier alpha value is -3.80. The summed E-state index contributed by atoms with van der Waals surface area (Å²) < 4.78 is 53.3. The van der Waals surface area contributed by atoms with E-state index in [4.69, 9.17) is 24.5 Å². The van der Waals surface area contributed by atoms with Gasteiger partial charge in [-0.3, -0.25) is 0 Å². The van der Waals surface area contributed by atoms with Crippen molar-refractivity contribution < 1.29 is 27.4 Å². The Balaban J connectivity index is 1.46. The van der Waals surface area contributed by atoms with E-state index in [9.17, 15) is 8.42 Å². The third kappa shape index (κ3) is 8.38. The van der Waals surface area contributed by atoms with E-state index >= 15 is 0 Å². The summed E-state index contributed by atoms with van der Waals surface area (Å²) in [5.41, 5.74) is 13.1. The smallest absolute Gasteiger partial charge is 0.243 e. The first kappa shape index (κ1) is 34.5. The summed E-state index contributed by atoms with van der Waals surface area (Å²) >= 11 is 0. The van der Waals surface area contributed by atoms with Crippen molar-refractivity contribution in [3.8, 4) is 11.5 Å². The Kier molecular flexibility index (Phi) is 11.7. The Morgan fingerprint density at radius 2 is 1.85 bits per heavy atom. The summed E-state index contributed by atoms with van der Waals surface area (Å²) in [5.74, 6) is 1.48. The standard InChI is InChI=1S/C35H45N5O6S/c1-25-6-13-31(14-7-25)47(41,42)40-23-35(32(22-29(40)20-26(2)37-38-36)28-9-11-30(44-4)12-10-28)46-24-27-8-15-34-33(21-27)39(17-19-45-34)16-5-18-43-3/h6-15,21,26,29,32,35H,5,16-20,22-24H2,1-4H3/t26-,29+,32-,35+/m1/s1. The monoisotopic (exact) mass is 663 g/mol. The number of nitrogens with zero attached hydrogens (tertiary/aromatic N) is 5. The molecule has 3 aromatic carbocycles. The van der Waals surface area contributed by atoms with Crippen LogP contribution in [0.25, 0.3) is 10.4 Å². The number of fused-ring (bicyclic) bond motifs is 1. The van der Waals surface area contributed by atoms with E-state index in [1.165, 1.54) is 0 Å². The summed E-state index contributed by atoms with van der Waals surface area (Å²) in [7, 11) is -0.545. The molecule has 0 unspecified atom stereocenters. The Morgan fingerprint density at radius 3 is 2.55 bits per heavy atom. The molecule has 0 spiro atoms. The maximum atomic E-state index is 14.2. The summed E-state index contributed by atoms with van der Waals surface area (Å²) in [4.78, 5) is 5.53. The fourth-order valence-corrected chi connectivity index (χ4v) is 8.17.